The highest BCUT2D eigenvalue weighted by molar-refractivity contribution is 6.05. The summed E-state index contributed by atoms with van der Waals surface area (Å²) in [4.78, 5) is 48.5. The van der Waals surface area contributed by atoms with E-state index in [0.717, 1.165) is 4.68 Å². The summed E-state index contributed by atoms with van der Waals surface area (Å²) in [5.74, 6) is -1.42. The molecule has 0 fully saturated rings. The SMILES string of the molecule is CC(=O)Nc1ccc(C(=O)[C@@H](C)OC(=O)c2nn(C)c(=O)c3ccccc23)cc1. The van der Waals surface area contributed by atoms with Gasteiger partial charge in [-0.25, -0.2) is 9.48 Å². The number of nitrogens with zero attached hydrogens (tertiary/aromatic N) is 2. The van der Waals surface area contributed by atoms with E-state index in [9.17, 15) is 19.2 Å². The Bertz CT molecular complexity index is 1170. The number of rotatable bonds is 5. The molecule has 1 amide bonds. The number of fused-ring (bicyclic) bond motifs is 1. The number of Topliss-reactive ketones (excluding diaryl/α,β-unsaturated/α-hetero) is 1. The number of carbonyl (C=O) groups is 3. The molecule has 0 saturated carbocycles. The van der Waals surface area contributed by atoms with Crippen molar-refractivity contribution in [2.24, 2.45) is 7.05 Å². The lowest BCUT2D eigenvalue weighted by atomic mass is 10.1. The van der Waals surface area contributed by atoms with Crippen LogP contribution in [0.5, 0.6) is 0 Å². The van der Waals surface area contributed by atoms with Crippen molar-refractivity contribution < 1.29 is 19.1 Å². The van der Waals surface area contributed by atoms with Gasteiger partial charge in [0.15, 0.2) is 11.8 Å². The molecule has 3 rings (SSSR count). The number of esters is 1. The van der Waals surface area contributed by atoms with Crippen LogP contribution in [0.25, 0.3) is 10.8 Å². The van der Waals surface area contributed by atoms with Crippen LogP contribution >= 0.6 is 0 Å². The fourth-order valence-electron chi connectivity index (χ4n) is 2.88. The smallest absolute Gasteiger partial charge is 0.360 e. The molecule has 3 aromatic rings. The number of hydrogen-bond donors (Lipinski definition) is 1. The number of ketones is 1. The number of benzene rings is 2. The van der Waals surface area contributed by atoms with Gasteiger partial charge in [-0.15, -0.1) is 0 Å². The van der Waals surface area contributed by atoms with Crippen LogP contribution in [-0.2, 0) is 16.6 Å². The molecule has 1 atom stereocenters. The number of hydrogen-bond acceptors (Lipinski definition) is 6. The first-order valence-electron chi connectivity index (χ1n) is 8.87. The van der Waals surface area contributed by atoms with Crippen molar-refractivity contribution in [3.8, 4) is 0 Å². The summed E-state index contributed by atoms with van der Waals surface area (Å²) in [6, 6.07) is 12.8. The fraction of sp³-hybridized carbons (Fsp3) is 0.190. The van der Waals surface area contributed by atoms with Gasteiger partial charge in [-0.05, 0) is 37.3 Å². The average molecular weight is 393 g/mol. The van der Waals surface area contributed by atoms with Gasteiger partial charge in [-0.2, -0.15) is 5.10 Å². The Morgan fingerprint density at radius 1 is 1.03 bits per heavy atom. The van der Waals surface area contributed by atoms with Crippen LogP contribution < -0.4 is 10.9 Å². The summed E-state index contributed by atoms with van der Waals surface area (Å²) in [6.45, 7) is 2.85. The number of aryl methyl sites for hydroxylation is 1. The molecule has 0 aliphatic rings. The molecule has 1 aromatic heterocycles. The predicted molar refractivity (Wildman–Crippen MR) is 107 cm³/mol. The summed E-state index contributed by atoms with van der Waals surface area (Å²) in [5, 5.41) is 7.31. The summed E-state index contributed by atoms with van der Waals surface area (Å²) in [7, 11) is 1.44. The first-order valence-corrected chi connectivity index (χ1v) is 8.87. The van der Waals surface area contributed by atoms with Crippen molar-refractivity contribution in [2.75, 3.05) is 5.32 Å². The maximum absolute atomic E-state index is 12.6. The maximum Gasteiger partial charge on any atom is 0.360 e. The Hall–Kier alpha value is -3.81. The second kappa shape index (κ2) is 8.05. The molecule has 0 saturated heterocycles. The Balaban J connectivity index is 1.81. The van der Waals surface area contributed by atoms with Gasteiger partial charge < -0.3 is 10.1 Å². The molecule has 0 aliphatic heterocycles. The molecule has 148 valence electrons. The molecule has 8 heteroatoms. The number of ether oxygens (including phenoxy) is 1. The molecule has 0 spiro atoms. The third-order valence-electron chi connectivity index (χ3n) is 4.29. The summed E-state index contributed by atoms with van der Waals surface area (Å²) >= 11 is 0. The largest absolute Gasteiger partial charge is 0.449 e. The van der Waals surface area contributed by atoms with Crippen molar-refractivity contribution >= 4 is 34.1 Å². The van der Waals surface area contributed by atoms with Gasteiger partial charge in [-0.1, -0.05) is 18.2 Å². The zero-order valence-electron chi connectivity index (χ0n) is 16.1. The van der Waals surface area contributed by atoms with E-state index in [0.29, 0.717) is 22.0 Å². The normalized spacial score (nSPS) is 11.7. The van der Waals surface area contributed by atoms with Crippen LogP contribution in [0, 0.1) is 0 Å². The van der Waals surface area contributed by atoms with E-state index in [2.05, 4.69) is 10.4 Å². The van der Waals surface area contributed by atoms with E-state index in [1.807, 2.05) is 0 Å². The second-order valence-electron chi connectivity index (χ2n) is 6.49. The van der Waals surface area contributed by atoms with Gasteiger partial charge in [-0.3, -0.25) is 14.4 Å². The van der Waals surface area contributed by atoms with E-state index >= 15 is 0 Å². The topological polar surface area (TPSA) is 107 Å². The molecule has 8 nitrogen and oxygen atoms in total. The molecule has 2 aromatic carbocycles. The molecule has 0 unspecified atom stereocenters. The predicted octanol–water partition coefficient (Wildman–Crippen LogP) is 2.32. The van der Waals surface area contributed by atoms with Crippen molar-refractivity contribution in [1.29, 1.82) is 0 Å². The van der Waals surface area contributed by atoms with Crippen LogP contribution in [0.1, 0.15) is 34.7 Å². The van der Waals surface area contributed by atoms with Crippen LogP contribution in [-0.4, -0.2) is 33.5 Å². The maximum atomic E-state index is 12.6. The van der Waals surface area contributed by atoms with Crippen molar-refractivity contribution in [2.45, 2.75) is 20.0 Å². The molecule has 1 heterocycles. The number of amides is 1. The van der Waals surface area contributed by atoms with Crippen molar-refractivity contribution in [1.82, 2.24) is 9.78 Å². The lowest BCUT2D eigenvalue weighted by Crippen LogP contribution is -2.28. The van der Waals surface area contributed by atoms with Gasteiger partial charge >= 0.3 is 5.97 Å². The average Bonchev–Trinajstić information content (AvgIpc) is 2.70. The lowest BCUT2D eigenvalue weighted by Gasteiger charge is -2.14. The van der Waals surface area contributed by atoms with E-state index in [1.54, 1.807) is 36.4 Å². The Morgan fingerprint density at radius 2 is 1.66 bits per heavy atom. The first kappa shape index (κ1) is 19.9. The Morgan fingerprint density at radius 3 is 2.28 bits per heavy atom. The number of anilines is 1. The summed E-state index contributed by atoms with van der Waals surface area (Å²) in [6.07, 6.45) is -1.06. The van der Waals surface area contributed by atoms with E-state index in [1.165, 1.54) is 33.0 Å². The molecule has 29 heavy (non-hydrogen) atoms. The number of carbonyl (C=O) groups excluding carboxylic acids is 3. The van der Waals surface area contributed by atoms with Crippen LogP contribution in [0.15, 0.2) is 53.3 Å². The van der Waals surface area contributed by atoms with E-state index in [4.69, 9.17) is 4.74 Å². The highest BCUT2D eigenvalue weighted by Gasteiger charge is 2.23. The quantitative estimate of drug-likeness (QED) is 0.527. The standard InChI is InChI=1S/C21H19N3O5/c1-12(19(26)14-8-10-15(11-9-14)22-13(2)25)29-21(28)18-16-6-4-5-7-17(16)20(27)24(3)23-18/h4-12H,1-3H3,(H,22,25)/t12-/m1/s1. The summed E-state index contributed by atoms with van der Waals surface area (Å²) in [5.41, 5.74) is 0.515. The molecule has 0 aliphatic carbocycles. The van der Waals surface area contributed by atoms with Gasteiger partial charge in [0.1, 0.15) is 0 Å². The molecular formula is C21H19N3O5. The molecular weight excluding hydrogens is 374 g/mol. The highest BCUT2D eigenvalue weighted by atomic mass is 16.5. The van der Waals surface area contributed by atoms with Crippen molar-refractivity contribution in [3.63, 3.8) is 0 Å². The minimum atomic E-state index is -1.06. The van der Waals surface area contributed by atoms with Crippen LogP contribution in [0.3, 0.4) is 0 Å². The minimum absolute atomic E-state index is 0.0386. The Labute approximate surface area is 166 Å². The first-order chi connectivity index (χ1) is 13.8. The number of nitrogens with one attached hydrogen (secondary N) is 1. The zero-order chi connectivity index (χ0) is 21.1. The van der Waals surface area contributed by atoms with Crippen molar-refractivity contribution in [3.05, 3.63) is 70.1 Å². The zero-order valence-corrected chi connectivity index (χ0v) is 16.1. The fourth-order valence-corrected chi connectivity index (χ4v) is 2.88. The monoisotopic (exact) mass is 393 g/mol. The minimum Gasteiger partial charge on any atom is -0.449 e. The van der Waals surface area contributed by atoms with E-state index in [-0.39, 0.29) is 17.2 Å². The summed E-state index contributed by atoms with van der Waals surface area (Å²) < 4.78 is 6.38. The van der Waals surface area contributed by atoms with Gasteiger partial charge in [0, 0.05) is 30.6 Å². The molecule has 0 radical (unpaired) electrons. The third-order valence-corrected chi connectivity index (χ3v) is 4.29. The van der Waals surface area contributed by atoms with Gasteiger partial charge in [0.2, 0.25) is 11.7 Å². The highest BCUT2D eigenvalue weighted by Crippen LogP contribution is 2.17. The third kappa shape index (κ3) is 4.21. The second-order valence-corrected chi connectivity index (χ2v) is 6.49. The van der Waals surface area contributed by atoms with Gasteiger partial charge in [0.05, 0.1) is 5.39 Å². The molecule has 1 N–H and O–H groups in total. The number of aromatic nitrogens is 2. The lowest BCUT2D eigenvalue weighted by molar-refractivity contribution is -0.114. The van der Waals surface area contributed by atoms with E-state index < -0.39 is 17.9 Å². The molecule has 0 bridgehead atoms. The van der Waals surface area contributed by atoms with Crippen LogP contribution in [0.2, 0.25) is 0 Å². The van der Waals surface area contributed by atoms with Gasteiger partial charge in [0.25, 0.3) is 5.56 Å². The Kier molecular flexibility index (Phi) is 5.54. The van der Waals surface area contributed by atoms with Crippen LogP contribution in [0.4, 0.5) is 5.69 Å².